The van der Waals surface area contributed by atoms with Gasteiger partial charge in [0.2, 0.25) is 5.95 Å². The summed E-state index contributed by atoms with van der Waals surface area (Å²) in [5.41, 5.74) is -0.282. The monoisotopic (exact) mass is 481 g/mol. The number of imidazole rings is 1. The van der Waals surface area contributed by atoms with E-state index >= 15 is 0 Å². The zero-order valence-electron chi connectivity index (χ0n) is 16.2. The van der Waals surface area contributed by atoms with E-state index in [2.05, 4.69) is 14.8 Å². The second-order valence-electron chi connectivity index (χ2n) is 6.18. The van der Waals surface area contributed by atoms with Crippen molar-refractivity contribution in [2.45, 2.75) is 13.3 Å². The van der Waals surface area contributed by atoms with E-state index in [0.29, 0.717) is 0 Å². The van der Waals surface area contributed by atoms with E-state index in [1.165, 1.54) is 20.3 Å². The second-order valence-corrected chi connectivity index (χ2v) is 8.58. The molecule has 0 spiro atoms. The Morgan fingerprint density at radius 3 is 2.55 bits per heavy atom. The maximum absolute atomic E-state index is 12.9. The number of benzene rings is 1. The van der Waals surface area contributed by atoms with E-state index in [1.54, 1.807) is 6.92 Å². The van der Waals surface area contributed by atoms with Crippen molar-refractivity contribution < 1.29 is 35.9 Å². The minimum absolute atomic E-state index is 0.0156. The molecule has 1 aromatic carbocycles. The van der Waals surface area contributed by atoms with Crippen molar-refractivity contribution in [2.75, 3.05) is 20.7 Å². The fourth-order valence-electron chi connectivity index (χ4n) is 2.54. The number of ether oxygens (including phenoxy) is 2. The minimum Gasteiger partial charge on any atom is -0.462 e. The van der Waals surface area contributed by atoms with E-state index in [9.17, 15) is 26.4 Å². The van der Waals surface area contributed by atoms with E-state index in [1.807, 2.05) is 0 Å². The summed E-state index contributed by atoms with van der Waals surface area (Å²) in [4.78, 5) is 16.0. The van der Waals surface area contributed by atoms with Crippen molar-refractivity contribution in [3.05, 3.63) is 35.1 Å². The zero-order valence-corrected chi connectivity index (χ0v) is 17.8. The van der Waals surface area contributed by atoms with Crippen LogP contribution < -0.4 is 4.74 Å². The van der Waals surface area contributed by atoms with Crippen LogP contribution >= 0.6 is 11.6 Å². The molecule has 0 aliphatic heterocycles. The normalized spacial score (nSPS) is 12.5. The Kier molecular flexibility index (Phi) is 5.90. The Balaban J connectivity index is 2.26. The van der Waals surface area contributed by atoms with Gasteiger partial charge >= 0.3 is 22.5 Å². The Morgan fingerprint density at radius 2 is 1.97 bits per heavy atom. The SMILES string of the molecule is CCOC(=O)c1cnn(-c2nc3cc(OC(F)(F)F)c(Cl)cc3n2S(=O)(=O)N(C)C)c1. The van der Waals surface area contributed by atoms with Crippen LogP contribution in [0.15, 0.2) is 24.5 Å². The van der Waals surface area contributed by atoms with Crippen LogP contribution in [0.1, 0.15) is 17.3 Å². The molecule has 15 heteroatoms. The molecule has 0 N–H and O–H groups in total. The number of carbonyl (C=O) groups is 1. The quantitative estimate of drug-likeness (QED) is 0.498. The molecule has 168 valence electrons. The molecular weight excluding hydrogens is 467 g/mol. The van der Waals surface area contributed by atoms with Gasteiger partial charge in [0.15, 0.2) is 0 Å². The Labute approximate surface area is 178 Å². The van der Waals surface area contributed by atoms with E-state index < -0.39 is 33.3 Å². The highest BCUT2D eigenvalue weighted by atomic mass is 35.5. The first-order valence-corrected chi connectivity index (χ1v) is 10.3. The van der Waals surface area contributed by atoms with Crippen molar-refractivity contribution in [3.63, 3.8) is 0 Å². The Hall–Kier alpha value is -2.84. The summed E-state index contributed by atoms with van der Waals surface area (Å²) in [6.45, 7) is 1.72. The van der Waals surface area contributed by atoms with E-state index in [-0.39, 0.29) is 29.2 Å². The molecule has 3 aromatic rings. The van der Waals surface area contributed by atoms with Crippen LogP contribution in [0.25, 0.3) is 17.0 Å². The van der Waals surface area contributed by atoms with Gasteiger partial charge in [0.05, 0.1) is 34.4 Å². The van der Waals surface area contributed by atoms with E-state index in [0.717, 1.165) is 31.3 Å². The van der Waals surface area contributed by atoms with Gasteiger partial charge in [0.1, 0.15) is 5.75 Å². The highest BCUT2D eigenvalue weighted by Crippen LogP contribution is 2.35. The summed E-state index contributed by atoms with van der Waals surface area (Å²) in [5.74, 6) is -1.77. The second kappa shape index (κ2) is 8.01. The highest BCUT2D eigenvalue weighted by Gasteiger charge is 2.33. The maximum Gasteiger partial charge on any atom is 0.573 e. The van der Waals surface area contributed by atoms with Gasteiger partial charge in [0.25, 0.3) is 0 Å². The molecule has 0 bridgehead atoms. The molecule has 0 atom stereocenters. The number of aromatic nitrogens is 4. The fraction of sp³-hybridized carbons (Fsp3) is 0.312. The van der Waals surface area contributed by atoms with E-state index in [4.69, 9.17) is 16.3 Å². The minimum atomic E-state index is -5.02. The molecule has 0 aliphatic rings. The van der Waals surface area contributed by atoms with Crippen molar-refractivity contribution >= 4 is 38.8 Å². The number of alkyl halides is 3. The molecule has 31 heavy (non-hydrogen) atoms. The average Bonchev–Trinajstić information content (AvgIpc) is 3.25. The maximum atomic E-state index is 12.9. The standard InChI is InChI=1S/C16H15ClF3N5O5S/c1-4-29-14(26)9-7-21-24(8-9)15-22-11-6-13(30-16(18,19)20)10(17)5-12(11)25(15)31(27,28)23(2)3/h5-8H,4H2,1-3H3. The molecule has 0 saturated carbocycles. The smallest absolute Gasteiger partial charge is 0.462 e. The number of hydrogen-bond donors (Lipinski definition) is 0. The lowest BCUT2D eigenvalue weighted by Crippen LogP contribution is -2.30. The first-order valence-electron chi connectivity index (χ1n) is 8.48. The molecule has 0 amide bonds. The lowest BCUT2D eigenvalue weighted by Gasteiger charge is -2.15. The zero-order chi connectivity index (χ0) is 23.1. The molecule has 0 saturated heterocycles. The van der Waals surface area contributed by atoms with Crippen molar-refractivity contribution in [1.82, 2.24) is 23.0 Å². The third kappa shape index (κ3) is 4.45. The van der Waals surface area contributed by atoms with Gasteiger partial charge in [-0.1, -0.05) is 11.6 Å². The van der Waals surface area contributed by atoms with Gasteiger partial charge in [-0.2, -0.15) is 21.8 Å². The predicted octanol–water partition coefficient (Wildman–Crippen LogP) is 2.61. The van der Waals surface area contributed by atoms with Crippen LogP contribution in [0.4, 0.5) is 13.2 Å². The number of esters is 1. The number of nitrogens with zero attached hydrogens (tertiary/aromatic N) is 5. The summed E-state index contributed by atoms with van der Waals surface area (Å²) < 4.78 is 75.1. The number of hydrogen-bond acceptors (Lipinski definition) is 7. The van der Waals surface area contributed by atoms with Gasteiger partial charge in [0, 0.05) is 26.4 Å². The average molecular weight is 482 g/mol. The molecule has 0 radical (unpaired) electrons. The molecule has 2 heterocycles. The van der Waals surface area contributed by atoms with Crippen LogP contribution in [-0.2, 0) is 14.9 Å². The van der Waals surface area contributed by atoms with Crippen LogP contribution in [-0.4, -0.2) is 64.5 Å². The number of rotatable bonds is 6. The third-order valence-electron chi connectivity index (χ3n) is 3.87. The Bertz CT molecular complexity index is 1250. The first-order chi connectivity index (χ1) is 14.3. The largest absolute Gasteiger partial charge is 0.573 e. The van der Waals surface area contributed by atoms with Gasteiger partial charge in [-0.3, -0.25) is 0 Å². The molecule has 0 aliphatic carbocycles. The highest BCUT2D eigenvalue weighted by molar-refractivity contribution is 7.87. The number of carbonyl (C=O) groups excluding carboxylic acids is 1. The van der Waals surface area contributed by atoms with Crippen molar-refractivity contribution in [2.24, 2.45) is 0 Å². The third-order valence-corrected chi connectivity index (χ3v) is 5.91. The van der Waals surface area contributed by atoms with Gasteiger partial charge in [-0.15, -0.1) is 13.2 Å². The lowest BCUT2D eigenvalue weighted by atomic mass is 10.3. The van der Waals surface area contributed by atoms with Gasteiger partial charge < -0.3 is 9.47 Å². The van der Waals surface area contributed by atoms with Crippen LogP contribution in [0, 0.1) is 0 Å². The molecular formula is C16H15ClF3N5O5S. The summed E-state index contributed by atoms with van der Waals surface area (Å²) in [6, 6.07) is 1.83. The molecule has 3 rings (SSSR count). The molecule has 0 fully saturated rings. The van der Waals surface area contributed by atoms with Gasteiger partial charge in [-0.05, 0) is 13.0 Å². The molecule has 10 nitrogen and oxygen atoms in total. The summed E-state index contributed by atoms with van der Waals surface area (Å²) in [7, 11) is -1.73. The fourth-order valence-corrected chi connectivity index (χ4v) is 3.78. The summed E-state index contributed by atoms with van der Waals surface area (Å²) >= 11 is 5.89. The summed E-state index contributed by atoms with van der Waals surface area (Å²) in [6.07, 6.45) is -2.71. The van der Waals surface area contributed by atoms with Crippen LogP contribution in [0.2, 0.25) is 5.02 Å². The van der Waals surface area contributed by atoms with Crippen LogP contribution in [0.5, 0.6) is 5.75 Å². The topological polar surface area (TPSA) is 109 Å². The van der Waals surface area contributed by atoms with Crippen molar-refractivity contribution in [1.29, 1.82) is 0 Å². The number of fused-ring (bicyclic) bond motifs is 1. The lowest BCUT2D eigenvalue weighted by molar-refractivity contribution is -0.274. The van der Waals surface area contributed by atoms with Gasteiger partial charge in [-0.25, -0.2) is 14.5 Å². The predicted molar refractivity (Wildman–Crippen MR) is 103 cm³/mol. The summed E-state index contributed by atoms with van der Waals surface area (Å²) in [5, 5.41) is 3.44. The Morgan fingerprint density at radius 1 is 1.29 bits per heavy atom. The first kappa shape index (κ1) is 22.8. The van der Waals surface area contributed by atoms with Crippen LogP contribution in [0.3, 0.4) is 0 Å². The number of halogens is 4. The molecule has 2 aromatic heterocycles. The molecule has 0 unspecified atom stereocenters. The van der Waals surface area contributed by atoms with Crippen molar-refractivity contribution in [3.8, 4) is 11.7 Å².